The first-order valence-electron chi connectivity index (χ1n) is 10.7. The number of aryl methyl sites for hydroxylation is 3. The number of carbonyl (C=O) groups excluding carboxylic acids is 1. The van der Waals surface area contributed by atoms with Crippen LogP contribution in [0.3, 0.4) is 0 Å². The summed E-state index contributed by atoms with van der Waals surface area (Å²) in [4.78, 5) is 17.1. The summed E-state index contributed by atoms with van der Waals surface area (Å²) in [5.74, 6) is -0.374. The van der Waals surface area contributed by atoms with E-state index < -0.39 is 5.91 Å². The van der Waals surface area contributed by atoms with E-state index >= 15 is 0 Å². The van der Waals surface area contributed by atoms with E-state index in [0.29, 0.717) is 5.17 Å². The molecular formula is C26H23N5OS. The number of amidine groups is 2. The molecule has 6 nitrogen and oxygen atoms in total. The maximum Gasteiger partial charge on any atom is 0.283 e. The van der Waals surface area contributed by atoms with Gasteiger partial charge in [-0.3, -0.25) is 10.2 Å². The highest BCUT2D eigenvalue weighted by molar-refractivity contribution is 8.27. The molecule has 0 aliphatic carbocycles. The van der Waals surface area contributed by atoms with Crippen molar-refractivity contribution in [2.45, 2.75) is 27.7 Å². The molecule has 0 atom stereocenters. The van der Waals surface area contributed by atoms with Gasteiger partial charge in [0.05, 0.1) is 5.57 Å². The number of thioether (sulfide) groups is 1. The topological polar surface area (TPSA) is 73.8 Å². The van der Waals surface area contributed by atoms with E-state index in [9.17, 15) is 4.79 Å². The van der Waals surface area contributed by atoms with Crippen LogP contribution in [0, 0.1) is 33.1 Å². The molecule has 1 N–H and O–H groups in total. The van der Waals surface area contributed by atoms with Crippen LogP contribution in [0.15, 0.2) is 70.3 Å². The van der Waals surface area contributed by atoms with Gasteiger partial charge in [0.2, 0.25) is 5.17 Å². The highest BCUT2D eigenvalue weighted by Crippen LogP contribution is 2.32. The molecule has 0 bridgehead atoms. The van der Waals surface area contributed by atoms with Crippen molar-refractivity contribution in [1.29, 1.82) is 5.41 Å². The van der Waals surface area contributed by atoms with E-state index in [1.807, 2.05) is 51.1 Å². The normalized spacial score (nSPS) is 16.8. The molecule has 5 rings (SSSR count). The highest BCUT2D eigenvalue weighted by atomic mass is 32.2. The summed E-state index contributed by atoms with van der Waals surface area (Å²) in [6, 6.07) is 18.3. The molecule has 0 saturated heterocycles. The molecule has 0 saturated carbocycles. The van der Waals surface area contributed by atoms with Crippen molar-refractivity contribution in [1.82, 2.24) is 9.58 Å². The van der Waals surface area contributed by atoms with Crippen LogP contribution < -0.4 is 0 Å². The number of aliphatic imine (C=N–C) groups is 1. The van der Waals surface area contributed by atoms with Gasteiger partial charge in [0.25, 0.3) is 5.91 Å². The van der Waals surface area contributed by atoms with Crippen molar-refractivity contribution < 1.29 is 4.79 Å². The van der Waals surface area contributed by atoms with Crippen LogP contribution in [0.5, 0.6) is 0 Å². The average molecular weight is 454 g/mol. The molecule has 3 heterocycles. The SMILES string of the molecule is Cc1ccc(-n2c(C)cc(/C=C3/C(=N)N4N=C(c5ccccc5C)SC4=NC3=O)c2C)cc1. The van der Waals surface area contributed by atoms with Crippen molar-refractivity contribution in [3.8, 4) is 5.69 Å². The van der Waals surface area contributed by atoms with Gasteiger partial charge >= 0.3 is 0 Å². The number of aromatic nitrogens is 1. The van der Waals surface area contributed by atoms with Gasteiger partial charge in [-0.05, 0) is 74.9 Å². The third kappa shape index (κ3) is 3.64. The van der Waals surface area contributed by atoms with Crippen molar-refractivity contribution in [3.63, 3.8) is 0 Å². The molecule has 0 fully saturated rings. The second-order valence-corrected chi connectivity index (χ2v) is 9.19. The molecule has 2 aliphatic heterocycles. The first kappa shape index (κ1) is 21.2. The van der Waals surface area contributed by atoms with Crippen LogP contribution in [0.1, 0.15) is 33.6 Å². The van der Waals surface area contributed by atoms with E-state index in [4.69, 9.17) is 5.41 Å². The molecule has 1 aromatic heterocycles. The first-order valence-corrected chi connectivity index (χ1v) is 11.5. The minimum absolute atomic E-state index is 0.0428. The van der Waals surface area contributed by atoms with Gasteiger partial charge in [0.15, 0.2) is 5.84 Å². The summed E-state index contributed by atoms with van der Waals surface area (Å²) in [6.07, 6.45) is 1.75. The van der Waals surface area contributed by atoms with Crippen molar-refractivity contribution in [2.75, 3.05) is 0 Å². The predicted octanol–water partition coefficient (Wildman–Crippen LogP) is 5.38. The Balaban J connectivity index is 1.52. The maximum absolute atomic E-state index is 12.9. The Hall–Kier alpha value is -3.71. The first-order chi connectivity index (χ1) is 15.8. The third-order valence-electron chi connectivity index (χ3n) is 5.89. The zero-order valence-corrected chi connectivity index (χ0v) is 19.7. The van der Waals surface area contributed by atoms with Crippen molar-refractivity contribution >= 4 is 39.8 Å². The lowest BCUT2D eigenvalue weighted by atomic mass is 10.1. The van der Waals surface area contributed by atoms with Crippen LogP contribution in [0.4, 0.5) is 0 Å². The molecule has 164 valence electrons. The molecule has 0 spiro atoms. The van der Waals surface area contributed by atoms with Gasteiger partial charge in [0, 0.05) is 22.6 Å². The van der Waals surface area contributed by atoms with Gasteiger partial charge in [0.1, 0.15) is 5.04 Å². The number of benzene rings is 2. The Morgan fingerprint density at radius 1 is 1.00 bits per heavy atom. The number of hydrazone groups is 1. The Labute approximate surface area is 196 Å². The van der Waals surface area contributed by atoms with E-state index in [1.165, 1.54) is 22.3 Å². The predicted molar refractivity (Wildman–Crippen MR) is 135 cm³/mol. The molecule has 0 radical (unpaired) electrons. The number of fused-ring (bicyclic) bond motifs is 1. The number of amides is 1. The van der Waals surface area contributed by atoms with Crippen molar-refractivity contribution in [3.05, 3.63) is 93.8 Å². The number of hydrogen-bond acceptors (Lipinski definition) is 4. The van der Waals surface area contributed by atoms with Crippen LogP contribution in [-0.2, 0) is 4.79 Å². The lowest BCUT2D eigenvalue weighted by Gasteiger charge is -2.20. The summed E-state index contributed by atoms with van der Waals surface area (Å²) in [7, 11) is 0. The van der Waals surface area contributed by atoms with Gasteiger partial charge in [-0.15, -0.1) is 0 Å². The second-order valence-electron chi connectivity index (χ2n) is 8.24. The molecule has 7 heteroatoms. The van der Waals surface area contributed by atoms with Crippen LogP contribution in [-0.4, -0.2) is 31.5 Å². The Kier molecular flexibility index (Phi) is 5.13. The van der Waals surface area contributed by atoms with E-state index in [2.05, 4.69) is 45.9 Å². The van der Waals surface area contributed by atoms with E-state index in [0.717, 1.165) is 38.8 Å². The van der Waals surface area contributed by atoms with Crippen LogP contribution >= 0.6 is 11.8 Å². The number of hydrogen-bond donors (Lipinski definition) is 1. The minimum atomic E-state index is -0.417. The zero-order chi connectivity index (χ0) is 23.3. The number of rotatable bonds is 3. The largest absolute Gasteiger partial charge is 0.318 e. The average Bonchev–Trinajstić information content (AvgIpc) is 3.33. The van der Waals surface area contributed by atoms with E-state index in [-0.39, 0.29) is 11.4 Å². The van der Waals surface area contributed by atoms with Gasteiger partial charge in [-0.25, -0.2) is 0 Å². The smallest absolute Gasteiger partial charge is 0.283 e. The Morgan fingerprint density at radius 2 is 1.73 bits per heavy atom. The molecule has 0 unspecified atom stereocenters. The summed E-state index contributed by atoms with van der Waals surface area (Å²) < 4.78 is 2.15. The molecular weight excluding hydrogens is 430 g/mol. The molecule has 1 amide bonds. The number of carbonyl (C=O) groups is 1. The van der Waals surface area contributed by atoms with Gasteiger partial charge in [-0.1, -0.05) is 42.0 Å². The second kappa shape index (κ2) is 8.01. The monoisotopic (exact) mass is 453 g/mol. The molecule has 3 aromatic rings. The van der Waals surface area contributed by atoms with E-state index in [1.54, 1.807) is 6.08 Å². The standard InChI is InChI=1S/C26H23N5OS/c1-15-9-11-20(12-10-15)30-17(3)13-19(18(30)4)14-22-23(27)31-26(28-24(22)32)33-25(29-31)21-8-6-5-7-16(21)2/h5-14,27H,1-4H3/b22-14-,27-23?. The van der Waals surface area contributed by atoms with Crippen molar-refractivity contribution in [2.24, 2.45) is 10.1 Å². The fraction of sp³-hybridized carbons (Fsp3) is 0.154. The fourth-order valence-corrected chi connectivity index (χ4v) is 5.08. The van der Waals surface area contributed by atoms with Crippen LogP contribution in [0.25, 0.3) is 11.8 Å². The lowest BCUT2D eigenvalue weighted by molar-refractivity contribution is -0.114. The van der Waals surface area contributed by atoms with Gasteiger partial charge < -0.3 is 4.57 Å². The Bertz CT molecular complexity index is 1410. The summed E-state index contributed by atoms with van der Waals surface area (Å²) in [5.41, 5.74) is 7.50. The summed E-state index contributed by atoms with van der Waals surface area (Å²) in [6.45, 7) is 8.14. The van der Waals surface area contributed by atoms with Crippen LogP contribution in [0.2, 0.25) is 0 Å². The van der Waals surface area contributed by atoms with Gasteiger partial charge in [-0.2, -0.15) is 15.1 Å². The molecule has 2 aromatic carbocycles. The minimum Gasteiger partial charge on any atom is -0.318 e. The number of nitrogens with one attached hydrogen (secondary N) is 1. The Morgan fingerprint density at radius 3 is 2.45 bits per heavy atom. The summed E-state index contributed by atoms with van der Waals surface area (Å²) >= 11 is 1.32. The zero-order valence-electron chi connectivity index (χ0n) is 18.9. The third-order valence-corrected chi connectivity index (χ3v) is 6.83. The maximum atomic E-state index is 12.9. The molecule has 33 heavy (non-hydrogen) atoms. The summed E-state index contributed by atoms with van der Waals surface area (Å²) in [5, 5.41) is 15.9. The number of nitrogens with zero attached hydrogens (tertiary/aromatic N) is 4. The quantitative estimate of drug-likeness (QED) is 0.541. The highest BCUT2D eigenvalue weighted by Gasteiger charge is 2.36. The fourth-order valence-electron chi connectivity index (χ4n) is 4.09. The lowest BCUT2D eigenvalue weighted by Crippen LogP contribution is -2.35. The molecule has 2 aliphatic rings.